The van der Waals surface area contributed by atoms with Gasteiger partial charge in [0.1, 0.15) is 37.3 Å². The van der Waals surface area contributed by atoms with E-state index in [4.69, 9.17) is 0 Å². The van der Waals surface area contributed by atoms with E-state index < -0.39 is 0 Å². The Bertz CT molecular complexity index is 699. The minimum absolute atomic E-state index is 0.196. The molecule has 2 aliphatic rings. The lowest BCUT2D eigenvalue weighted by molar-refractivity contribution is -1.03. The summed E-state index contributed by atoms with van der Waals surface area (Å²) in [5.74, 6) is -0.222. The van der Waals surface area contributed by atoms with E-state index in [1.807, 2.05) is 29.2 Å². The normalized spacial score (nSPS) is 24.9. The lowest BCUT2D eigenvalue weighted by atomic mass is 9.87. The molecule has 2 aromatic rings. The Balaban J connectivity index is 1.38. The Hall–Kier alpha value is -1.78. The fraction of sp³-hybridized carbons (Fsp3) is 0.500. The number of hydrogen-bond acceptors (Lipinski definition) is 0. The summed E-state index contributed by atoms with van der Waals surface area (Å²) in [7, 11) is 0. The van der Waals surface area contributed by atoms with Crippen molar-refractivity contribution in [2.45, 2.75) is 44.1 Å². The van der Waals surface area contributed by atoms with Gasteiger partial charge in [-0.3, -0.25) is 0 Å². The van der Waals surface area contributed by atoms with Crippen LogP contribution in [0.3, 0.4) is 0 Å². The molecule has 0 amide bonds. The van der Waals surface area contributed by atoms with Crippen LogP contribution in [-0.4, -0.2) is 38.8 Å². The van der Waals surface area contributed by atoms with Crippen LogP contribution in [-0.2, 0) is 0 Å². The second kappa shape index (κ2) is 9.15. The Morgan fingerprint density at radius 1 is 0.821 bits per heavy atom. The number of benzene rings is 2. The summed E-state index contributed by atoms with van der Waals surface area (Å²) in [6.07, 6.45) is 6.35. The number of halogens is 2. The molecule has 2 aromatic carbocycles. The highest BCUT2D eigenvalue weighted by Gasteiger charge is 2.34. The van der Waals surface area contributed by atoms with Crippen molar-refractivity contribution in [3.8, 4) is 0 Å². The van der Waals surface area contributed by atoms with E-state index in [-0.39, 0.29) is 17.6 Å². The molecule has 0 spiro atoms. The zero-order chi connectivity index (χ0) is 19.3. The van der Waals surface area contributed by atoms with Gasteiger partial charge in [0.05, 0.1) is 13.1 Å². The maximum Gasteiger partial charge on any atom is 0.137 e. The summed E-state index contributed by atoms with van der Waals surface area (Å²) >= 11 is 0. The van der Waals surface area contributed by atoms with Crippen LogP contribution in [0, 0.1) is 11.6 Å². The average Bonchev–Trinajstić information content (AvgIpc) is 2.73. The summed E-state index contributed by atoms with van der Waals surface area (Å²) in [4.78, 5) is 3.58. The molecule has 2 aliphatic heterocycles. The Labute approximate surface area is 167 Å². The van der Waals surface area contributed by atoms with Gasteiger partial charge < -0.3 is 9.80 Å². The SMILES string of the molecule is Fc1ccc(C(CCC[NH+]2CC[NH+]3CCCC[C@@H]3C2)c2ccc(F)cc2)cc1. The van der Waals surface area contributed by atoms with Crippen molar-refractivity contribution in [3.05, 3.63) is 71.3 Å². The standard InChI is InChI=1S/C24H30F2N2/c25-21-10-6-19(7-11-21)24(20-8-12-22(26)13-9-20)5-3-14-27-16-17-28-15-2-1-4-23(28)18-27/h6-13,23-24H,1-5,14-18H2/p+2/t23-/m1/s1. The maximum atomic E-state index is 13.4. The van der Waals surface area contributed by atoms with Crippen LogP contribution in [0.1, 0.15) is 49.1 Å². The summed E-state index contributed by atoms with van der Waals surface area (Å²) in [5, 5.41) is 0. The van der Waals surface area contributed by atoms with Crippen LogP contribution in [0.25, 0.3) is 0 Å². The third-order valence-corrected chi connectivity index (χ3v) is 6.78. The quantitative estimate of drug-likeness (QED) is 0.753. The lowest BCUT2D eigenvalue weighted by Gasteiger charge is -2.39. The molecule has 150 valence electrons. The van der Waals surface area contributed by atoms with Crippen LogP contribution < -0.4 is 9.80 Å². The molecule has 2 heterocycles. The van der Waals surface area contributed by atoms with Crippen molar-refractivity contribution in [1.82, 2.24) is 0 Å². The minimum atomic E-state index is -0.209. The predicted octanol–water partition coefficient (Wildman–Crippen LogP) is 2.21. The van der Waals surface area contributed by atoms with Gasteiger partial charge in [-0.15, -0.1) is 0 Å². The zero-order valence-electron chi connectivity index (χ0n) is 16.6. The molecule has 4 rings (SSSR count). The van der Waals surface area contributed by atoms with E-state index in [0.29, 0.717) is 0 Å². The van der Waals surface area contributed by atoms with Gasteiger partial charge in [-0.1, -0.05) is 24.3 Å². The number of piperidine rings is 1. The van der Waals surface area contributed by atoms with Gasteiger partial charge in [-0.05, 0) is 61.1 Å². The molecular formula is C24H32F2N2+2. The van der Waals surface area contributed by atoms with Crippen molar-refractivity contribution < 1.29 is 18.6 Å². The molecule has 3 atom stereocenters. The molecule has 2 nitrogen and oxygen atoms in total. The van der Waals surface area contributed by atoms with Gasteiger partial charge in [0, 0.05) is 12.3 Å². The molecule has 2 unspecified atom stereocenters. The monoisotopic (exact) mass is 386 g/mol. The Morgan fingerprint density at radius 2 is 1.46 bits per heavy atom. The summed E-state index contributed by atoms with van der Waals surface area (Å²) in [6, 6.07) is 14.5. The third kappa shape index (κ3) is 4.79. The number of rotatable bonds is 6. The maximum absolute atomic E-state index is 13.4. The third-order valence-electron chi connectivity index (χ3n) is 6.78. The van der Waals surface area contributed by atoms with Crippen molar-refractivity contribution >= 4 is 0 Å². The molecule has 4 heteroatoms. The summed E-state index contributed by atoms with van der Waals surface area (Å²) in [5.41, 5.74) is 2.23. The van der Waals surface area contributed by atoms with Crippen molar-refractivity contribution in [2.24, 2.45) is 0 Å². The summed E-state index contributed by atoms with van der Waals surface area (Å²) < 4.78 is 26.8. The van der Waals surface area contributed by atoms with Crippen molar-refractivity contribution in [2.75, 3.05) is 32.7 Å². The first kappa shape index (κ1) is 19.5. The van der Waals surface area contributed by atoms with Gasteiger partial charge in [0.15, 0.2) is 0 Å². The number of hydrogen-bond donors (Lipinski definition) is 2. The highest BCUT2D eigenvalue weighted by atomic mass is 19.1. The fourth-order valence-corrected chi connectivity index (χ4v) is 5.21. The molecule has 0 aliphatic carbocycles. The number of piperazine rings is 1. The van der Waals surface area contributed by atoms with Crippen LogP contribution >= 0.6 is 0 Å². The van der Waals surface area contributed by atoms with E-state index in [9.17, 15) is 8.78 Å². The van der Waals surface area contributed by atoms with Gasteiger partial charge in [-0.2, -0.15) is 0 Å². The second-order valence-corrected chi connectivity index (χ2v) is 8.60. The smallest absolute Gasteiger partial charge is 0.137 e. The molecule has 0 radical (unpaired) electrons. The minimum Gasteiger partial charge on any atom is -0.325 e. The van der Waals surface area contributed by atoms with Gasteiger partial charge >= 0.3 is 0 Å². The highest BCUT2D eigenvalue weighted by molar-refractivity contribution is 5.32. The first-order valence-electron chi connectivity index (χ1n) is 10.9. The predicted molar refractivity (Wildman–Crippen MR) is 108 cm³/mol. The average molecular weight is 387 g/mol. The molecule has 0 bridgehead atoms. The number of quaternary nitrogens is 2. The molecule has 0 saturated carbocycles. The topological polar surface area (TPSA) is 8.88 Å². The van der Waals surface area contributed by atoms with Crippen LogP contribution in [0.4, 0.5) is 8.78 Å². The van der Waals surface area contributed by atoms with E-state index in [2.05, 4.69) is 0 Å². The fourth-order valence-electron chi connectivity index (χ4n) is 5.21. The van der Waals surface area contributed by atoms with Crippen molar-refractivity contribution in [1.29, 1.82) is 0 Å². The van der Waals surface area contributed by atoms with Gasteiger partial charge in [0.25, 0.3) is 0 Å². The van der Waals surface area contributed by atoms with Crippen LogP contribution in [0.5, 0.6) is 0 Å². The lowest BCUT2D eigenvalue weighted by Crippen LogP contribution is -3.31. The summed E-state index contributed by atoms with van der Waals surface area (Å²) in [6.45, 7) is 6.48. The Morgan fingerprint density at radius 3 is 2.11 bits per heavy atom. The van der Waals surface area contributed by atoms with E-state index >= 15 is 0 Å². The first-order chi connectivity index (χ1) is 13.7. The largest absolute Gasteiger partial charge is 0.325 e. The van der Waals surface area contributed by atoms with Gasteiger partial charge in [-0.25, -0.2) is 8.78 Å². The molecule has 0 aromatic heterocycles. The van der Waals surface area contributed by atoms with E-state index in [1.165, 1.54) is 76.3 Å². The van der Waals surface area contributed by atoms with Gasteiger partial charge in [0.2, 0.25) is 0 Å². The zero-order valence-corrected chi connectivity index (χ0v) is 16.6. The van der Waals surface area contributed by atoms with Crippen LogP contribution in [0.15, 0.2) is 48.5 Å². The second-order valence-electron chi connectivity index (χ2n) is 8.60. The molecule has 28 heavy (non-hydrogen) atoms. The first-order valence-corrected chi connectivity index (χ1v) is 10.9. The number of nitrogens with one attached hydrogen (secondary N) is 2. The molecule has 2 saturated heterocycles. The van der Waals surface area contributed by atoms with Crippen molar-refractivity contribution in [3.63, 3.8) is 0 Å². The molecule has 2 fully saturated rings. The molecular weight excluding hydrogens is 354 g/mol. The Kier molecular flexibility index (Phi) is 6.38. The van der Waals surface area contributed by atoms with E-state index in [0.717, 1.165) is 30.0 Å². The van der Waals surface area contributed by atoms with E-state index in [1.54, 1.807) is 4.90 Å². The highest BCUT2D eigenvalue weighted by Crippen LogP contribution is 2.29. The van der Waals surface area contributed by atoms with Crippen LogP contribution in [0.2, 0.25) is 0 Å². The number of fused-ring (bicyclic) bond motifs is 1. The molecule has 2 N–H and O–H groups in total.